The maximum Gasteiger partial charge on any atom is 0.129 e. The summed E-state index contributed by atoms with van der Waals surface area (Å²) in [4.78, 5) is 7.29. The number of aromatic nitrogens is 1. The summed E-state index contributed by atoms with van der Waals surface area (Å²) in [7, 11) is 0. The fraction of sp³-hybridized carbons (Fsp3) is 0.611. The van der Waals surface area contributed by atoms with Gasteiger partial charge in [0.05, 0.1) is 0 Å². The minimum Gasteiger partial charge on any atom is -0.352 e. The average molecular weight is 287 g/mol. The van der Waals surface area contributed by atoms with Gasteiger partial charge < -0.3 is 10.2 Å². The third-order valence-electron chi connectivity index (χ3n) is 3.84. The number of rotatable bonds is 7. The maximum absolute atomic E-state index is 4.88. The molecule has 0 fully saturated rings. The standard InChI is InChI=1S/C18H29N3/c1-4-7-17-11-16(13-19-9-5-2)12-18(20-17)21-10-6-8-15(3)14-21/h8,11-12,19H,4-7,9-10,13-14H2,1-3H3. The lowest BCUT2D eigenvalue weighted by Crippen LogP contribution is -2.30. The molecule has 1 aliphatic rings. The lowest BCUT2D eigenvalue weighted by molar-refractivity contribution is 0.672. The number of hydrogen-bond donors (Lipinski definition) is 1. The highest BCUT2D eigenvalue weighted by atomic mass is 15.2. The van der Waals surface area contributed by atoms with Gasteiger partial charge in [-0.3, -0.25) is 0 Å². The molecule has 0 unspecified atom stereocenters. The molecule has 116 valence electrons. The molecule has 0 aromatic carbocycles. The molecule has 2 rings (SSSR count). The van der Waals surface area contributed by atoms with E-state index in [1.165, 1.54) is 23.3 Å². The second kappa shape index (κ2) is 8.18. The quantitative estimate of drug-likeness (QED) is 0.612. The van der Waals surface area contributed by atoms with E-state index in [9.17, 15) is 0 Å². The summed E-state index contributed by atoms with van der Waals surface area (Å²) in [5.41, 5.74) is 4.05. The highest BCUT2D eigenvalue weighted by molar-refractivity contribution is 5.45. The molecule has 3 nitrogen and oxygen atoms in total. The van der Waals surface area contributed by atoms with E-state index < -0.39 is 0 Å². The van der Waals surface area contributed by atoms with Gasteiger partial charge in [-0.2, -0.15) is 0 Å². The fourth-order valence-corrected chi connectivity index (χ4v) is 2.80. The first-order valence-corrected chi connectivity index (χ1v) is 8.34. The molecular weight excluding hydrogens is 258 g/mol. The number of aryl methyl sites for hydroxylation is 1. The number of nitrogens with one attached hydrogen (secondary N) is 1. The third kappa shape index (κ3) is 4.85. The van der Waals surface area contributed by atoms with Crippen molar-refractivity contribution < 1.29 is 0 Å². The van der Waals surface area contributed by atoms with Crippen LogP contribution >= 0.6 is 0 Å². The molecule has 0 radical (unpaired) electrons. The van der Waals surface area contributed by atoms with Gasteiger partial charge in [0.15, 0.2) is 0 Å². The normalized spacial score (nSPS) is 15.2. The van der Waals surface area contributed by atoms with Gasteiger partial charge in [-0.1, -0.05) is 31.9 Å². The van der Waals surface area contributed by atoms with Crippen molar-refractivity contribution in [3.05, 3.63) is 35.0 Å². The molecular formula is C18H29N3. The number of anilines is 1. The van der Waals surface area contributed by atoms with Crippen LogP contribution in [0.25, 0.3) is 0 Å². The van der Waals surface area contributed by atoms with Crippen LogP contribution in [0, 0.1) is 0 Å². The Kier molecular flexibility index (Phi) is 6.24. The molecule has 0 amide bonds. The van der Waals surface area contributed by atoms with Crippen LogP contribution in [-0.2, 0) is 13.0 Å². The first-order chi connectivity index (χ1) is 10.2. The predicted octanol–water partition coefficient (Wildman–Crippen LogP) is 3.69. The van der Waals surface area contributed by atoms with Crippen molar-refractivity contribution >= 4 is 5.82 Å². The van der Waals surface area contributed by atoms with Crippen molar-refractivity contribution in [2.45, 2.75) is 53.0 Å². The zero-order valence-electron chi connectivity index (χ0n) is 13.8. The minimum atomic E-state index is 0.947. The summed E-state index contributed by atoms with van der Waals surface area (Å²) in [6.07, 6.45) is 6.87. The lowest BCUT2D eigenvalue weighted by Gasteiger charge is -2.28. The zero-order chi connectivity index (χ0) is 15.1. The van der Waals surface area contributed by atoms with Crippen LogP contribution in [0.1, 0.15) is 51.3 Å². The van der Waals surface area contributed by atoms with E-state index in [1.54, 1.807) is 0 Å². The van der Waals surface area contributed by atoms with Gasteiger partial charge in [-0.05, 0) is 50.4 Å². The zero-order valence-corrected chi connectivity index (χ0v) is 13.8. The molecule has 1 aromatic heterocycles. The summed E-state index contributed by atoms with van der Waals surface area (Å²) in [5, 5.41) is 3.50. The van der Waals surface area contributed by atoms with Crippen LogP contribution in [0.15, 0.2) is 23.8 Å². The smallest absolute Gasteiger partial charge is 0.129 e. The van der Waals surface area contributed by atoms with Gasteiger partial charge in [-0.15, -0.1) is 0 Å². The molecule has 21 heavy (non-hydrogen) atoms. The Morgan fingerprint density at radius 2 is 2.10 bits per heavy atom. The Balaban J connectivity index is 2.16. The Morgan fingerprint density at radius 1 is 1.24 bits per heavy atom. The molecule has 1 N–H and O–H groups in total. The first kappa shape index (κ1) is 16.0. The minimum absolute atomic E-state index is 0.947. The van der Waals surface area contributed by atoms with Gasteiger partial charge in [0, 0.05) is 25.3 Å². The van der Waals surface area contributed by atoms with Crippen molar-refractivity contribution in [3.63, 3.8) is 0 Å². The molecule has 0 saturated heterocycles. The summed E-state index contributed by atoms with van der Waals surface area (Å²) in [6.45, 7) is 10.8. The molecule has 0 atom stereocenters. The van der Waals surface area contributed by atoms with Gasteiger partial charge in [-0.25, -0.2) is 4.98 Å². The fourth-order valence-electron chi connectivity index (χ4n) is 2.80. The molecule has 0 bridgehead atoms. The molecule has 1 aliphatic heterocycles. The Morgan fingerprint density at radius 3 is 2.81 bits per heavy atom. The Bertz CT molecular complexity index is 479. The van der Waals surface area contributed by atoms with E-state index in [0.717, 1.165) is 51.3 Å². The summed E-state index contributed by atoms with van der Waals surface area (Å²) >= 11 is 0. The summed E-state index contributed by atoms with van der Waals surface area (Å²) in [6, 6.07) is 4.53. The monoisotopic (exact) mass is 287 g/mol. The Hall–Kier alpha value is -1.35. The van der Waals surface area contributed by atoms with E-state index >= 15 is 0 Å². The van der Waals surface area contributed by atoms with Crippen molar-refractivity contribution in [2.24, 2.45) is 0 Å². The second-order valence-corrected chi connectivity index (χ2v) is 6.01. The van der Waals surface area contributed by atoms with Crippen LogP contribution in [0.2, 0.25) is 0 Å². The van der Waals surface area contributed by atoms with Crippen molar-refractivity contribution in [1.82, 2.24) is 10.3 Å². The van der Waals surface area contributed by atoms with Crippen LogP contribution < -0.4 is 10.2 Å². The molecule has 0 aliphatic carbocycles. The largest absolute Gasteiger partial charge is 0.352 e. The lowest BCUT2D eigenvalue weighted by atomic mass is 10.1. The topological polar surface area (TPSA) is 28.2 Å². The first-order valence-electron chi connectivity index (χ1n) is 8.34. The summed E-state index contributed by atoms with van der Waals surface area (Å²) < 4.78 is 0. The molecule has 0 spiro atoms. The van der Waals surface area contributed by atoms with E-state index in [4.69, 9.17) is 4.98 Å². The third-order valence-corrected chi connectivity index (χ3v) is 3.84. The Labute approximate surface area is 129 Å². The average Bonchev–Trinajstić information content (AvgIpc) is 2.48. The summed E-state index contributed by atoms with van der Waals surface area (Å²) in [5.74, 6) is 1.15. The number of hydrogen-bond acceptors (Lipinski definition) is 3. The highest BCUT2D eigenvalue weighted by Gasteiger charge is 2.13. The van der Waals surface area contributed by atoms with E-state index in [-0.39, 0.29) is 0 Å². The van der Waals surface area contributed by atoms with Crippen molar-refractivity contribution in [1.29, 1.82) is 0 Å². The predicted molar refractivity (Wildman–Crippen MR) is 90.8 cm³/mol. The maximum atomic E-state index is 4.88. The highest BCUT2D eigenvalue weighted by Crippen LogP contribution is 2.20. The van der Waals surface area contributed by atoms with Crippen LogP contribution in [0.4, 0.5) is 5.82 Å². The van der Waals surface area contributed by atoms with Crippen LogP contribution in [0.5, 0.6) is 0 Å². The van der Waals surface area contributed by atoms with Gasteiger partial charge in [0.25, 0.3) is 0 Å². The van der Waals surface area contributed by atoms with Gasteiger partial charge in [0.1, 0.15) is 5.82 Å². The molecule has 2 heterocycles. The van der Waals surface area contributed by atoms with Crippen LogP contribution in [-0.4, -0.2) is 24.6 Å². The molecule has 1 aromatic rings. The van der Waals surface area contributed by atoms with Crippen LogP contribution in [0.3, 0.4) is 0 Å². The van der Waals surface area contributed by atoms with Crippen molar-refractivity contribution in [3.8, 4) is 0 Å². The number of nitrogens with zero attached hydrogens (tertiary/aromatic N) is 2. The SMILES string of the molecule is CCCNCc1cc(CCC)nc(N2CCC=C(C)C2)c1. The second-order valence-electron chi connectivity index (χ2n) is 6.01. The van der Waals surface area contributed by atoms with E-state index in [0.29, 0.717) is 0 Å². The van der Waals surface area contributed by atoms with E-state index in [1.807, 2.05) is 0 Å². The van der Waals surface area contributed by atoms with Gasteiger partial charge >= 0.3 is 0 Å². The number of pyridine rings is 1. The van der Waals surface area contributed by atoms with Crippen molar-refractivity contribution in [2.75, 3.05) is 24.5 Å². The van der Waals surface area contributed by atoms with Gasteiger partial charge in [0.2, 0.25) is 0 Å². The molecule has 3 heteroatoms. The van der Waals surface area contributed by atoms with E-state index in [2.05, 4.69) is 49.2 Å². The molecule has 0 saturated carbocycles.